The summed E-state index contributed by atoms with van der Waals surface area (Å²) in [7, 11) is 0. The quantitative estimate of drug-likeness (QED) is 0.356. The molecule has 0 spiro atoms. The molecule has 12 heavy (non-hydrogen) atoms. The number of hydrogen-bond acceptors (Lipinski definition) is 5. The maximum atomic E-state index is 9.23. The van der Waals surface area contributed by atoms with Crippen molar-refractivity contribution in [2.45, 2.75) is 37.4 Å². The van der Waals surface area contributed by atoms with Gasteiger partial charge in [-0.05, 0) is 6.92 Å². The lowest BCUT2D eigenvalue weighted by atomic mass is 9.96. The van der Waals surface area contributed by atoms with Crippen LogP contribution in [0.15, 0.2) is 0 Å². The Balaban J connectivity index is 2.65. The lowest BCUT2D eigenvalue weighted by molar-refractivity contribution is -0.305. The molecular formula is C7H14O5. The highest BCUT2D eigenvalue weighted by Crippen LogP contribution is 2.26. The molecule has 72 valence electrons. The van der Waals surface area contributed by atoms with E-state index in [1.165, 1.54) is 0 Å². The third-order valence-corrected chi connectivity index (χ3v) is 2.11. The fourth-order valence-corrected chi connectivity index (χ4v) is 1.25. The van der Waals surface area contributed by atoms with Gasteiger partial charge in [0.05, 0.1) is 18.8 Å². The van der Waals surface area contributed by atoms with Gasteiger partial charge in [0, 0.05) is 6.42 Å². The first-order valence-electron chi connectivity index (χ1n) is 3.86. The molecule has 1 rings (SSSR count). The minimum atomic E-state index is -2.12. The van der Waals surface area contributed by atoms with Gasteiger partial charge in [-0.2, -0.15) is 0 Å². The van der Waals surface area contributed by atoms with Crippen LogP contribution in [-0.4, -0.2) is 51.1 Å². The minimum Gasteiger partial charge on any atom is -0.393 e. The van der Waals surface area contributed by atoms with Gasteiger partial charge in [0.1, 0.15) is 6.10 Å². The SMILES string of the molecule is C[C@@H]1OC(CO)C(O)(O)CC1O. The molecule has 5 nitrogen and oxygen atoms in total. The average Bonchev–Trinajstić information content (AvgIpc) is 1.96. The van der Waals surface area contributed by atoms with Crippen molar-refractivity contribution in [3.05, 3.63) is 0 Å². The lowest BCUT2D eigenvalue weighted by Gasteiger charge is -2.40. The van der Waals surface area contributed by atoms with Crippen molar-refractivity contribution in [1.82, 2.24) is 0 Å². The van der Waals surface area contributed by atoms with Crippen molar-refractivity contribution in [1.29, 1.82) is 0 Å². The van der Waals surface area contributed by atoms with Gasteiger partial charge in [0.15, 0.2) is 5.79 Å². The zero-order valence-corrected chi connectivity index (χ0v) is 6.84. The van der Waals surface area contributed by atoms with Crippen LogP contribution in [0.25, 0.3) is 0 Å². The second kappa shape index (κ2) is 3.27. The molecule has 0 aromatic heterocycles. The topological polar surface area (TPSA) is 90.2 Å². The van der Waals surface area contributed by atoms with Crippen LogP contribution < -0.4 is 0 Å². The van der Waals surface area contributed by atoms with Gasteiger partial charge in [-0.3, -0.25) is 0 Å². The molecule has 5 heteroatoms. The highest BCUT2D eigenvalue weighted by Gasteiger charge is 2.44. The third-order valence-electron chi connectivity index (χ3n) is 2.11. The Morgan fingerprint density at radius 3 is 2.58 bits per heavy atom. The molecule has 0 aromatic rings. The summed E-state index contributed by atoms with van der Waals surface area (Å²) in [4.78, 5) is 0. The van der Waals surface area contributed by atoms with E-state index in [1.807, 2.05) is 0 Å². The summed E-state index contributed by atoms with van der Waals surface area (Å²) in [5.74, 6) is -2.12. The van der Waals surface area contributed by atoms with Gasteiger partial charge in [0.25, 0.3) is 0 Å². The number of aliphatic hydroxyl groups is 4. The van der Waals surface area contributed by atoms with E-state index >= 15 is 0 Å². The summed E-state index contributed by atoms with van der Waals surface area (Å²) >= 11 is 0. The first kappa shape index (κ1) is 9.88. The van der Waals surface area contributed by atoms with E-state index in [0.717, 1.165) is 0 Å². The van der Waals surface area contributed by atoms with Crippen molar-refractivity contribution in [2.75, 3.05) is 6.61 Å². The zero-order valence-electron chi connectivity index (χ0n) is 6.84. The van der Waals surface area contributed by atoms with Gasteiger partial charge >= 0.3 is 0 Å². The van der Waals surface area contributed by atoms with Crippen LogP contribution in [0.5, 0.6) is 0 Å². The highest BCUT2D eigenvalue weighted by molar-refractivity contribution is 4.87. The predicted molar refractivity (Wildman–Crippen MR) is 39.2 cm³/mol. The number of rotatable bonds is 1. The molecule has 1 fully saturated rings. The van der Waals surface area contributed by atoms with Crippen LogP contribution in [0.3, 0.4) is 0 Å². The van der Waals surface area contributed by atoms with E-state index in [2.05, 4.69) is 0 Å². The lowest BCUT2D eigenvalue weighted by Crippen LogP contribution is -2.56. The van der Waals surface area contributed by atoms with Crippen LogP contribution >= 0.6 is 0 Å². The summed E-state index contributed by atoms with van der Waals surface area (Å²) < 4.78 is 4.96. The Hall–Kier alpha value is -0.200. The summed E-state index contributed by atoms with van der Waals surface area (Å²) in [5, 5.41) is 36.4. The molecule has 0 amide bonds. The van der Waals surface area contributed by atoms with Crippen LogP contribution in [0, 0.1) is 0 Å². The summed E-state index contributed by atoms with van der Waals surface area (Å²) in [5.41, 5.74) is 0. The van der Waals surface area contributed by atoms with Gasteiger partial charge in [-0.15, -0.1) is 0 Å². The fourth-order valence-electron chi connectivity index (χ4n) is 1.25. The molecule has 0 bridgehead atoms. The standard InChI is InChI=1S/C7H14O5/c1-4-5(9)2-7(10,11)6(3-8)12-4/h4-6,8-11H,2-3H2,1H3/t4-,5?,6?/m0/s1. The Bertz CT molecular complexity index is 158. The van der Waals surface area contributed by atoms with E-state index in [0.29, 0.717) is 0 Å². The van der Waals surface area contributed by atoms with Crippen LogP contribution in [0.1, 0.15) is 13.3 Å². The normalized spacial score (nSPS) is 41.2. The second-order valence-electron chi connectivity index (χ2n) is 3.16. The Morgan fingerprint density at radius 1 is 1.50 bits per heavy atom. The van der Waals surface area contributed by atoms with Crippen molar-refractivity contribution in [2.24, 2.45) is 0 Å². The largest absolute Gasteiger partial charge is 0.393 e. The molecule has 0 aliphatic carbocycles. The molecule has 4 N–H and O–H groups in total. The Labute approximate surface area is 70.2 Å². The van der Waals surface area contributed by atoms with Gasteiger partial charge in [-0.1, -0.05) is 0 Å². The average molecular weight is 178 g/mol. The third kappa shape index (κ3) is 1.75. The van der Waals surface area contributed by atoms with E-state index in [9.17, 15) is 15.3 Å². The highest BCUT2D eigenvalue weighted by atomic mass is 16.6. The van der Waals surface area contributed by atoms with Crippen molar-refractivity contribution in [3.8, 4) is 0 Å². The molecule has 2 unspecified atom stereocenters. The zero-order chi connectivity index (χ0) is 9.35. The van der Waals surface area contributed by atoms with Crippen molar-refractivity contribution in [3.63, 3.8) is 0 Å². The molecule has 1 saturated heterocycles. The molecule has 0 radical (unpaired) electrons. The van der Waals surface area contributed by atoms with Crippen LogP contribution in [0.4, 0.5) is 0 Å². The van der Waals surface area contributed by atoms with Crippen molar-refractivity contribution < 1.29 is 25.2 Å². The number of aliphatic hydroxyl groups excluding tert-OH is 2. The minimum absolute atomic E-state index is 0.195. The second-order valence-corrected chi connectivity index (χ2v) is 3.16. The van der Waals surface area contributed by atoms with E-state index < -0.39 is 30.7 Å². The molecule has 0 aromatic carbocycles. The molecule has 1 aliphatic heterocycles. The van der Waals surface area contributed by atoms with Crippen LogP contribution in [-0.2, 0) is 4.74 Å². The summed E-state index contributed by atoms with van der Waals surface area (Å²) in [6.45, 7) is 1.15. The monoisotopic (exact) mass is 178 g/mol. The Kier molecular flexibility index (Phi) is 2.70. The molecule has 1 aliphatic rings. The smallest absolute Gasteiger partial charge is 0.194 e. The van der Waals surface area contributed by atoms with Gasteiger partial charge in [-0.25, -0.2) is 0 Å². The maximum absolute atomic E-state index is 9.23. The first-order valence-corrected chi connectivity index (χ1v) is 3.86. The summed E-state index contributed by atoms with van der Waals surface area (Å²) in [6, 6.07) is 0. The van der Waals surface area contributed by atoms with E-state index in [1.54, 1.807) is 6.92 Å². The maximum Gasteiger partial charge on any atom is 0.194 e. The molecule has 0 saturated carbocycles. The van der Waals surface area contributed by atoms with E-state index in [-0.39, 0.29) is 6.42 Å². The number of hydrogen-bond donors (Lipinski definition) is 4. The van der Waals surface area contributed by atoms with Gasteiger partial charge < -0.3 is 25.2 Å². The molecule has 3 atom stereocenters. The van der Waals surface area contributed by atoms with Crippen molar-refractivity contribution >= 4 is 0 Å². The predicted octanol–water partition coefficient (Wildman–Crippen LogP) is -1.80. The summed E-state index contributed by atoms with van der Waals surface area (Å²) in [6.07, 6.45) is -2.60. The van der Waals surface area contributed by atoms with Gasteiger partial charge in [0.2, 0.25) is 0 Å². The Morgan fingerprint density at radius 2 is 2.08 bits per heavy atom. The fraction of sp³-hybridized carbons (Fsp3) is 1.00. The van der Waals surface area contributed by atoms with Crippen LogP contribution in [0.2, 0.25) is 0 Å². The molecular weight excluding hydrogens is 164 g/mol. The molecule has 1 heterocycles. The number of ether oxygens (including phenoxy) is 1. The first-order chi connectivity index (χ1) is 5.47. The van der Waals surface area contributed by atoms with E-state index in [4.69, 9.17) is 9.84 Å².